The summed E-state index contributed by atoms with van der Waals surface area (Å²) in [4.78, 5) is 6.48. The van der Waals surface area contributed by atoms with E-state index in [1.165, 1.54) is 0 Å². The van der Waals surface area contributed by atoms with Crippen LogP contribution in [0.2, 0.25) is 10.0 Å². The van der Waals surface area contributed by atoms with Crippen LogP contribution >= 0.6 is 34.5 Å². The fourth-order valence-electron chi connectivity index (χ4n) is 1.98. The number of thiophene rings is 1. The average Bonchev–Trinajstić information content (AvgIpc) is 3.00. The third-order valence-corrected chi connectivity index (χ3v) is 5.03. The molecule has 0 fully saturated rings. The number of aromatic nitrogens is 1. The van der Waals surface area contributed by atoms with Gasteiger partial charge in [0.25, 0.3) is 0 Å². The van der Waals surface area contributed by atoms with Gasteiger partial charge in [-0.2, -0.15) is 0 Å². The van der Waals surface area contributed by atoms with Gasteiger partial charge in [0.1, 0.15) is 5.84 Å². The summed E-state index contributed by atoms with van der Waals surface area (Å²) in [5, 5.41) is 8.47. The van der Waals surface area contributed by atoms with Gasteiger partial charge in [0.05, 0.1) is 20.6 Å². The Balaban J connectivity index is 1.93. The van der Waals surface area contributed by atoms with Crippen molar-refractivity contribution in [2.45, 2.75) is 0 Å². The molecule has 3 rings (SSSR count). The van der Waals surface area contributed by atoms with Crippen molar-refractivity contribution < 1.29 is 0 Å². The molecule has 110 valence electrons. The van der Waals surface area contributed by atoms with Crippen LogP contribution in [0.3, 0.4) is 0 Å². The maximum atomic E-state index is 7.38. The van der Waals surface area contributed by atoms with E-state index in [-0.39, 0.29) is 5.84 Å². The molecule has 0 saturated heterocycles. The van der Waals surface area contributed by atoms with Gasteiger partial charge in [-0.05, 0) is 42.0 Å². The van der Waals surface area contributed by atoms with Crippen LogP contribution in [-0.4, -0.2) is 10.8 Å². The lowest BCUT2D eigenvalue weighted by Gasteiger charge is -2.01. The van der Waals surface area contributed by atoms with Crippen molar-refractivity contribution in [3.8, 4) is 21.0 Å². The van der Waals surface area contributed by atoms with Gasteiger partial charge in [0.15, 0.2) is 0 Å². The highest BCUT2D eigenvalue weighted by atomic mass is 35.5. The number of amidine groups is 1. The van der Waals surface area contributed by atoms with Gasteiger partial charge in [0.2, 0.25) is 0 Å². The van der Waals surface area contributed by atoms with Crippen molar-refractivity contribution in [3.05, 3.63) is 64.3 Å². The van der Waals surface area contributed by atoms with Crippen molar-refractivity contribution in [1.29, 1.82) is 5.41 Å². The molecule has 0 amide bonds. The fraction of sp³-hybridized carbons (Fsp3) is 0. The molecule has 0 aliphatic carbocycles. The van der Waals surface area contributed by atoms with Crippen LogP contribution in [0, 0.1) is 5.41 Å². The van der Waals surface area contributed by atoms with E-state index in [0.717, 1.165) is 21.0 Å². The highest BCUT2D eigenvalue weighted by molar-refractivity contribution is 7.18. The maximum Gasteiger partial charge on any atom is 0.124 e. The third kappa shape index (κ3) is 2.99. The van der Waals surface area contributed by atoms with Crippen molar-refractivity contribution in [2.24, 2.45) is 5.73 Å². The zero-order valence-electron chi connectivity index (χ0n) is 11.3. The maximum absolute atomic E-state index is 7.38. The molecule has 1 aromatic carbocycles. The molecule has 6 heteroatoms. The van der Waals surface area contributed by atoms with E-state index < -0.39 is 0 Å². The highest BCUT2D eigenvalue weighted by Gasteiger charge is 2.08. The molecule has 22 heavy (non-hydrogen) atoms. The molecule has 0 spiro atoms. The minimum absolute atomic E-state index is 0.0155. The van der Waals surface area contributed by atoms with E-state index in [0.29, 0.717) is 15.6 Å². The number of benzene rings is 1. The smallest absolute Gasteiger partial charge is 0.124 e. The van der Waals surface area contributed by atoms with Crippen molar-refractivity contribution in [3.63, 3.8) is 0 Å². The predicted octanol–water partition coefficient (Wildman–Crippen LogP) is 5.07. The molecule has 2 heterocycles. The average molecular weight is 348 g/mol. The third-order valence-electron chi connectivity index (χ3n) is 3.14. The summed E-state index contributed by atoms with van der Waals surface area (Å²) in [5.41, 5.74) is 7.92. The van der Waals surface area contributed by atoms with Crippen molar-refractivity contribution >= 4 is 40.4 Å². The number of hydrogen-bond donors (Lipinski definition) is 2. The summed E-state index contributed by atoms with van der Waals surface area (Å²) in [5.74, 6) is 0.0155. The Morgan fingerprint density at radius 3 is 2.41 bits per heavy atom. The van der Waals surface area contributed by atoms with E-state index in [1.54, 1.807) is 29.7 Å². The first kappa shape index (κ1) is 15.0. The normalized spacial score (nSPS) is 10.6. The van der Waals surface area contributed by atoms with Crippen molar-refractivity contribution in [2.75, 3.05) is 0 Å². The monoisotopic (exact) mass is 347 g/mol. The van der Waals surface area contributed by atoms with Crippen LogP contribution < -0.4 is 5.73 Å². The minimum atomic E-state index is 0.0155. The standard InChI is InChI=1S/C16H11Cl2N3S/c17-11-3-1-9(7-12(11)18)14-5-6-15(22-14)13-4-2-10(8-21-13)16(19)20/h1-8H,(H3,19,20). The summed E-state index contributed by atoms with van der Waals surface area (Å²) in [6.07, 6.45) is 1.61. The van der Waals surface area contributed by atoms with Crippen LogP contribution in [-0.2, 0) is 0 Å². The fourth-order valence-corrected chi connectivity index (χ4v) is 3.26. The molecule has 0 bridgehead atoms. The predicted molar refractivity (Wildman–Crippen MR) is 94.0 cm³/mol. The first-order valence-corrected chi connectivity index (χ1v) is 7.98. The Morgan fingerprint density at radius 2 is 1.77 bits per heavy atom. The molecule has 0 unspecified atom stereocenters. The molecule has 0 saturated carbocycles. The number of pyridine rings is 1. The number of rotatable bonds is 3. The molecule has 0 aliphatic heterocycles. The number of nitrogen functional groups attached to an aromatic ring is 1. The first-order chi connectivity index (χ1) is 10.5. The summed E-state index contributed by atoms with van der Waals surface area (Å²) in [6, 6.07) is 13.3. The molecule has 0 radical (unpaired) electrons. The van der Waals surface area contributed by atoms with Gasteiger partial charge in [-0.15, -0.1) is 11.3 Å². The largest absolute Gasteiger partial charge is 0.384 e. The SMILES string of the molecule is N=C(N)c1ccc(-c2ccc(-c3ccc(Cl)c(Cl)c3)s2)nc1. The lowest BCUT2D eigenvalue weighted by molar-refractivity contribution is 1.30. The van der Waals surface area contributed by atoms with Gasteiger partial charge in [-0.25, -0.2) is 0 Å². The second-order valence-electron chi connectivity index (χ2n) is 4.64. The second-order valence-corrected chi connectivity index (χ2v) is 6.54. The Bertz CT molecular complexity index is 841. The van der Waals surface area contributed by atoms with Gasteiger partial charge in [0, 0.05) is 16.6 Å². The highest BCUT2D eigenvalue weighted by Crippen LogP contribution is 2.36. The molecule has 0 aliphatic rings. The van der Waals surface area contributed by atoms with E-state index in [2.05, 4.69) is 4.98 Å². The molecule has 3 N–H and O–H groups in total. The van der Waals surface area contributed by atoms with E-state index in [1.807, 2.05) is 30.3 Å². The van der Waals surface area contributed by atoms with E-state index in [4.69, 9.17) is 34.3 Å². The molecular formula is C16H11Cl2N3S. The topological polar surface area (TPSA) is 62.8 Å². The Kier molecular flexibility index (Phi) is 4.16. The molecular weight excluding hydrogens is 337 g/mol. The quantitative estimate of drug-likeness (QED) is 0.513. The second kappa shape index (κ2) is 6.08. The first-order valence-electron chi connectivity index (χ1n) is 6.40. The lowest BCUT2D eigenvalue weighted by Crippen LogP contribution is -2.10. The van der Waals surface area contributed by atoms with E-state index >= 15 is 0 Å². The summed E-state index contributed by atoms with van der Waals surface area (Å²) in [7, 11) is 0. The van der Waals surface area contributed by atoms with Gasteiger partial charge in [-0.3, -0.25) is 10.4 Å². The number of nitrogens with one attached hydrogen (secondary N) is 1. The number of halogens is 2. The van der Waals surface area contributed by atoms with Crippen LogP contribution in [0.15, 0.2) is 48.7 Å². The summed E-state index contributed by atoms with van der Waals surface area (Å²) >= 11 is 13.6. The minimum Gasteiger partial charge on any atom is -0.384 e. The van der Waals surface area contributed by atoms with E-state index in [9.17, 15) is 0 Å². The van der Waals surface area contributed by atoms with Crippen LogP contribution in [0.25, 0.3) is 21.0 Å². The molecule has 2 aromatic heterocycles. The van der Waals surface area contributed by atoms with Gasteiger partial charge < -0.3 is 5.73 Å². The zero-order chi connectivity index (χ0) is 15.7. The number of hydrogen-bond acceptors (Lipinski definition) is 3. The van der Waals surface area contributed by atoms with Gasteiger partial charge in [-0.1, -0.05) is 29.3 Å². The zero-order valence-corrected chi connectivity index (χ0v) is 13.6. The van der Waals surface area contributed by atoms with Gasteiger partial charge >= 0.3 is 0 Å². The Hall–Kier alpha value is -1.88. The Labute approximate surface area is 141 Å². The van der Waals surface area contributed by atoms with Crippen LogP contribution in [0.1, 0.15) is 5.56 Å². The molecule has 3 aromatic rings. The molecule has 3 nitrogen and oxygen atoms in total. The number of nitrogens with two attached hydrogens (primary N) is 1. The molecule has 0 atom stereocenters. The van der Waals surface area contributed by atoms with Crippen LogP contribution in [0.4, 0.5) is 0 Å². The summed E-state index contributed by atoms with van der Waals surface area (Å²) in [6.45, 7) is 0. The van der Waals surface area contributed by atoms with Crippen LogP contribution in [0.5, 0.6) is 0 Å². The lowest BCUT2D eigenvalue weighted by atomic mass is 10.2. The Morgan fingerprint density at radius 1 is 1.00 bits per heavy atom. The number of nitrogens with zero attached hydrogens (tertiary/aromatic N) is 1. The summed E-state index contributed by atoms with van der Waals surface area (Å²) < 4.78 is 0. The van der Waals surface area contributed by atoms with Crippen molar-refractivity contribution in [1.82, 2.24) is 4.98 Å².